The summed E-state index contributed by atoms with van der Waals surface area (Å²) in [4.78, 5) is 14.3. The predicted octanol–water partition coefficient (Wildman–Crippen LogP) is 0.729. The first-order valence-corrected chi connectivity index (χ1v) is 7.31. The minimum Gasteiger partial charge on any atom is -0.344 e. The molecule has 4 heteroatoms. The van der Waals surface area contributed by atoms with Gasteiger partial charge in [0.25, 0.3) is 0 Å². The summed E-state index contributed by atoms with van der Waals surface area (Å²) in [6, 6.07) is 1.66. The SMILES string of the molecule is C#CCNC(=O)C(C)NC1CC2CCCC(C1)N2C. The fourth-order valence-corrected chi connectivity index (χ4v) is 3.47. The number of piperidine rings is 2. The molecule has 4 nitrogen and oxygen atoms in total. The molecule has 2 saturated heterocycles. The monoisotopic (exact) mass is 263 g/mol. The Hall–Kier alpha value is -1.05. The summed E-state index contributed by atoms with van der Waals surface area (Å²) in [5.41, 5.74) is 0. The second kappa shape index (κ2) is 6.40. The lowest BCUT2D eigenvalue weighted by molar-refractivity contribution is -0.122. The molecule has 0 radical (unpaired) electrons. The number of amides is 1. The summed E-state index contributed by atoms with van der Waals surface area (Å²) in [7, 11) is 2.24. The summed E-state index contributed by atoms with van der Waals surface area (Å²) in [6.07, 6.45) is 11.4. The van der Waals surface area contributed by atoms with E-state index in [1.807, 2.05) is 6.92 Å². The maximum atomic E-state index is 11.8. The van der Waals surface area contributed by atoms with E-state index in [0.29, 0.717) is 24.7 Å². The molecule has 2 rings (SSSR count). The van der Waals surface area contributed by atoms with Gasteiger partial charge in [-0.2, -0.15) is 0 Å². The number of rotatable bonds is 4. The van der Waals surface area contributed by atoms with Crippen molar-refractivity contribution in [3.63, 3.8) is 0 Å². The molecule has 2 N–H and O–H groups in total. The van der Waals surface area contributed by atoms with Gasteiger partial charge in [-0.05, 0) is 39.7 Å². The zero-order valence-electron chi connectivity index (χ0n) is 12.0. The van der Waals surface area contributed by atoms with Crippen LogP contribution in [0.25, 0.3) is 0 Å². The second-order valence-electron chi connectivity index (χ2n) is 5.88. The summed E-state index contributed by atoms with van der Waals surface area (Å²) >= 11 is 0. The minimum absolute atomic E-state index is 0.00189. The molecule has 2 fully saturated rings. The maximum Gasteiger partial charge on any atom is 0.237 e. The lowest BCUT2D eigenvalue weighted by Gasteiger charge is -2.47. The van der Waals surface area contributed by atoms with Crippen LogP contribution >= 0.6 is 0 Å². The molecule has 3 atom stereocenters. The quantitative estimate of drug-likeness (QED) is 0.735. The summed E-state index contributed by atoms with van der Waals surface area (Å²) in [5, 5.41) is 6.20. The van der Waals surface area contributed by atoms with Gasteiger partial charge in [0.15, 0.2) is 0 Å². The number of carbonyl (C=O) groups excluding carboxylic acids is 1. The van der Waals surface area contributed by atoms with Gasteiger partial charge >= 0.3 is 0 Å². The van der Waals surface area contributed by atoms with Crippen molar-refractivity contribution in [2.24, 2.45) is 0 Å². The zero-order valence-corrected chi connectivity index (χ0v) is 12.0. The highest BCUT2D eigenvalue weighted by atomic mass is 16.2. The van der Waals surface area contributed by atoms with E-state index < -0.39 is 0 Å². The molecule has 19 heavy (non-hydrogen) atoms. The van der Waals surface area contributed by atoms with Crippen LogP contribution in [0, 0.1) is 12.3 Å². The van der Waals surface area contributed by atoms with Gasteiger partial charge in [-0.1, -0.05) is 12.3 Å². The molecule has 0 spiro atoms. The average molecular weight is 263 g/mol. The average Bonchev–Trinajstić information content (AvgIpc) is 2.37. The first-order chi connectivity index (χ1) is 9.11. The molecule has 3 unspecified atom stereocenters. The van der Waals surface area contributed by atoms with Gasteiger partial charge in [0, 0.05) is 18.1 Å². The summed E-state index contributed by atoms with van der Waals surface area (Å²) < 4.78 is 0. The predicted molar refractivity (Wildman–Crippen MR) is 76.7 cm³/mol. The number of hydrogen-bond acceptors (Lipinski definition) is 3. The lowest BCUT2D eigenvalue weighted by Crippen LogP contribution is -2.57. The Labute approximate surface area is 116 Å². The third-order valence-corrected chi connectivity index (χ3v) is 4.58. The van der Waals surface area contributed by atoms with Crippen LogP contribution in [0.3, 0.4) is 0 Å². The van der Waals surface area contributed by atoms with Crippen molar-refractivity contribution in [3.05, 3.63) is 0 Å². The number of carbonyl (C=O) groups is 1. The molecule has 0 aromatic carbocycles. The van der Waals surface area contributed by atoms with Crippen LogP contribution < -0.4 is 10.6 Å². The Kier molecular flexibility index (Phi) is 4.84. The molecule has 2 aliphatic heterocycles. The Morgan fingerprint density at radius 2 is 2.05 bits per heavy atom. The maximum absolute atomic E-state index is 11.8. The fraction of sp³-hybridized carbons (Fsp3) is 0.800. The van der Waals surface area contributed by atoms with Gasteiger partial charge in [0.1, 0.15) is 0 Å². The van der Waals surface area contributed by atoms with Gasteiger partial charge in [0.2, 0.25) is 5.91 Å². The summed E-state index contributed by atoms with van der Waals surface area (Å²) in [5.74, 6) is 2.43. The number of nitrogens with one attached hydrogen (secondary N) is 2. The second-order valence-corrected chi connectivity index (χ2v) is 5.88. The standard InChI is InChI=1S/C15H25N3O/c1-4-8-16-15(19)11(2)17-12-9-13-6-5-7-14(10-12)18(13)3/h1,11-14,17H,5-10H2,2-3H3,(H,16,19). The zero-order chi connectivity index (χ0) is 13.8. The van der Waals surface area contributed by atoms with Gasteiger partial charge < -0.3 is 15.5 Å². The molecule has 0 aromatic rings. The van der Waals surface area contributed by atoms with Crippen LogP contribution in [0.1, 0.15) is 39.0 Å². The van der Waals surface area contributed by atoms with Crippen molar-refractivity contribution < 1.29 is 4.79 Å². The van der Waals surface area contributed by atoms with Crippen LogP contribution in [-0.2, 0) is 4.79 Å². The first kappa shape index (κ1) is 14.4. The number of nitrogens with zero attached hydrogens (tertiary/aromatic N) is 1. The van der Waals surface area contributed by atoms with Gasteiger partial charge in [-0.3, -0.25) is 4.79 Å². The molecule has 106 valence electrons. The Morgan fingerprint density at radius 3 is 2.63 bits per heavy atom. The summed E-state index contributed by atoms with van der Waals surface area (Å²) in [6.45, 7) is 2.23. The Bertz CT molecular complexity index is 349. The van der Waals surface area contributed by atoms with Crippen LogP contribution in [0.4, 0.5) is 0 Å². The Morgan fingerprint density at radius 1 is 1.42 bits per heavy atom. The van der Waals surface area contributed by atoms with Crippen molar-refractivity contribution in [2.75, 3.05) is 13.6 Å². The number of fused-ring (bicyclic) bond motifs is 2. The van der Waals surface area contributed by atoms with Crippen LogP contribution in [0.5, 0.6) is 0 Å². The van der Waals surface area contributed by atoms with Gasteiger partial charge in [-0.15, -0.1) is 6.42 Å². The fourth-order valence-electron chi connectivity index (χ4n) is 3.47. The minimum atomic E-state index is -0.164. The van der Waals surface area contributed by atoms with Crippen LogP contribution in [0.15, 0.2) is 0 Å². The molecule has 1 amide bonds. The lowest BCUT2D eigenvalue weighted by atomic mass is 9.82. The molecule has 0 saturated carbocycles. The smallest absolute Gasteiger partial charge is 0.237 e. The van der Waals surface area contributed by atoms with E-state index in [4.69, 9.17) is 6.42 Å². The number of hydrogen-bond donors (Lipinski definition) is 2. The molecule has 2 bridgehead atoms. The van der Waals surface area contributed by atoms with E-state index in [9.17, 15) is 4.79 Å². The normalized spacial score (nSPS) is 32.4. The first-order valence-electron chi connectivity index (χ1n) is 7.31. The van der Waals surface area contributed by atoms with Crippen molar-refractivity contribution in [3.8, 4) is 12.3 Å². The molecular weight excluding hydrogens is 238 g/mol. The van der Waals surface area contributed by atoms with Crippen molar-refractivity contribution in [2.45, 2.75) is 63.2 Å². The highest BCUT2D eigenvalue weighted by molar-refractivity contribution is 5.81. The third kappa shape index (κ3) is 3.49. The van der Waals surface area contributed by atoms with Crippen LogP contribution in [-0.4, -0.2) is 48.6 Å². The van der Waals surface area contributed by atoms with E-state index in [2.05, 4.69) is 28.5 Å². The van der Waals surface area contributed by atoms with Crippen LogP contribution in [0.2, 0.25) is 0 Å². The topological polar surface area (TPSA) is 44.4 Å². The van der Waals surface area contributed by atoms with E-state index in [0.717, 1.165) is 12.8 Å². The molecule has 2 heterocycles. The molecule has 0 aliphatic carbocycles. The molecule has 0 aromatic heterocycles. The molecular formula is C15H25N3O. The van der Waals surface area contributed by atoms with Crippen molar-refractivity contribution >= 4 is 5.91 Å². The van der Waals surface area contributed by atoms with Crippen molar-refractivity contribution in [1.82, 2.24) is 15.5 Å². The largest absolute Gasteiger partial charge is 0.344 e. The van der Waals surface area contributed by atoms with E-state index in [1.54, 1.807) is 0 Å². The van der Waals surface area contributed by atoms with Gasteiger partial charge in [0.05, 0.1) is 12.6 Å². The van der Waals surface area contributed by atoms with Crippen molar-refractivity contribution in [1.29, 1.82) is 0 Å². The van der Waals surface area contributed by atoms with E-state index in [-0.39, 0.29) is 11.9 Å². The third-order valence-electron chi connectivity index (χ3n) is 4.58. The number of terminal acetylenes is 1. The highest BCUT2D eigenvalue weighted by Crippen LogP contribution is 2.32. The van der Waals surface area contributed by atoms with Gasteiger partial charge in [-0.25, -0.2) is 0 Å². The van der Waals surface area contributed by atoms with E-state index >= 15 is 0 Å². The highest BCUT2D eigenvalue weighted by Gasteiger charge is 2.36. The van der Waals surface area contributed by atoms with E-state index in [1.165, 1.54) is 19.3 Å². The Balaban J connectivity index is 1.83. The molecule has 2 aliphatic rings.